The topological polar surface area (TPSA) is 110 Å². The van der Waals surface area contributed by atoms with Gasteiger partial charge in [0.25, 0.3) is 5.91 Å². The van der Waals surface area contributed by atoms with E-state index in [1.54, 1.807) is 30.2 Å². The molecule has 31 heavy (non-hydrogen) atoms. The minimum atomic E-state index is -4.16. The van der Waals surface area contributed by atoms with Crippen molar-refractivity contribution >= 4 is 50.5 Å². The lowest BCUT2D eigenvalue weighted by molar-refractivity contribution is -0.113. The number of carbonyl (C=O) groups is 1. The third-order valence-electron chi connectivity index (χ3n) is 4.38. The van der Waals surface area contributed by atoms with Crippen LogP contribution in [0.15, 0.2) is 52.8 Å². The normalized spacial score (nSPS) is 15.4. The molecule has 3 heterocycles. The zero-order valence-electron chi connectivity index (χ0n) is 16.1. The summed E-state index contributed by atoms with van der Waals surface area (Å²) in [5.41, 5.74) is 0.858. The van der Waals surface area contributed by atoms with Gasteiger partial charge in [0.1, 0.15) is 22.2 Å². The summed E-state index contributed by atoms with van der Waals surface area (Å²) in [6.45, 7) is 0. The SMILES string of the molecule is CN1C(C(=O)Nc2ccc(F)c(Cl)c2)=CC(c2ncc(-c3ccnn3C)s2)=NS1(=O)=O. The highest BCUT2D eigenvalue weighted by Crippen LogP contribution is 2.29. The standard InChI is InChI=1S/C18H14ClFN6O3S2/c1-25-14(5-6-22-25)16-9-21-18(30-16)13-8-15(26(2)31(28,29)24-13)17(27)23-10-3-4-12(20)11(19)7-10/h3-9H,1-2H3,(H,23,27). The lowest BCUT2D eigenvalue weighted by Gasteiger charge is -2.23. The maximum Gasteiger partial charge on any atom is 0.345 e. The van der Waals surface area contributed by atoms with Crippen molar-refractivity contribution in [3.05, 3.63) is 64.3 Å². The van der Waals surface area contributed by atoms with Gasteiger partial charge in [-0.25, -0.2) is 13.7 Å². The summed E-state index contributed by atoms with van der Waals surface area (Å²) in [6.07, 6.45) is 4.54. The fourth-order valence-corrected chi connectivity index (χ4v) is 4.83. The average Bonchev–Trinajstić information content (AvgIpc) is 3.35. The van der Waals surface area contributed by atoms with Gasteiger partial charge in [-0.05, 0) is 30.3 Å². The van der Waals surface area contributed by atoms with Gasteiger partial charge in [-0.2, -0.15) is 13.5 Å². The van der Waals surface area contributed by atoms with E-state index in [-0.39, 0.29) is 22.1 Å². The Morgan fingerprint density at radius 2 is 2.03 bits per heavy atom. The van der Waals surface area contributed by atoms with Gasteiger partial charge >= 0.3 is 10.2 Å². The van der Waals surface area contributed by atoms with E-state index in [4.69, 9.17) is 11.6 Å². The molecule has 0 unspecified atom stereocenters. The molecule has 2 aromatic heterocycles. The first kappa shape index (κ1) is 21.2. The number of carbonyl (C=O) groups excluding carboxylic acids is 1. The van der Waals surface area contributed by atoms with E-state index >= 15 is 0 Å². The molecule has 0 aliphatic carbocycles. The number of nitrogens with one attached hydrogen (secondary N) is 1. The van der Waals surface area contributed by atoms with Crippen molar-refractivity contribution in [3.63, 3.8) is 0 Å². The molecule has 0 atom stereocenters. The average molecular weight is 481 g/mol. The number of likely N-dealkylation sites (N-methyl/N-ethyl adjacent to an activating group) is 1. The molecule has 1 N–H and O–H groups in total. The second-order valence-corrected chi connectivity index (χ2v) is 9.47. The Bertz CT molecular complexity index is 1360. The van der Waals surface area contributed by atoms with Gasteiger partial charge < -0.3 is 5.32 Å². The predicted molar refractivity (Wildman–Crippen MR) is 116 cm³/mol. The van der Waals surface area contributed by atoms with E-state index in [2.05, 4.69) is 19.8 Å². The Labute approximate surface area is 185 Å². The first-order valence-electron chi connectivity index (χ1n) is 8.67. The highest BCUT2D eigenvalue weighted by Gasteiger charge is 2.31. The number of amides is 1. The molecule has 13 heteroatoms. The zero-order valence-corrected chi connectivity index (χ0v) is 18.5. The van der Waals surface area contributed by atoms with Gasteiger partial charge in [-0.1, -0.05) is 11.6 Å². The van der Waals surface area contributed by atoms with Gasteiger partial charge in [0.2, 0.25) is 0 Å². The first-order chi connectivity index (χ1) is 14.7. The van der Waals surface area contributed by atoms with Crippen molar-refractivity contribution < 1.29 is 17.6 Å². The van der Waals surface area contributed by atoms with Crippen molar-refractivity contribution in [2.75, 3.05) is 12.4 Å². The number of hydrogen-bond acceptors (Lipinski definition) is 6. The van der Waals surface area contributed by atoms with E-state index in [1.807, 2.05) is 0 Å². The quantitative estimate of drug-likeness (QED) is 0.617. The predicted octanol–water partition coefficient (Wildman–Crippen LogP) is 2.84. The van der Waals surface area contributed by atoms with Crippen LogP contribution in [0, 0.1) is 5.82 Å². The molecule has 1 amide bonds. The maximum atomic E-state index is 13.4. The molecule has 0 fully saturated rings. The summed E-state index contributed by atoms with van der Waals surface area (Å²) in [4.78, 5) is 17.8. The number of thiazole rings is 1. The number of halogens is 2. The minimum Gasteiger partial charge on any atom is -0.321 e. The van der Waals surface area contributed by atoms with Crippen molar-refractivity contribution in [1.29, 1.82) is 0 Å². The van der Waals surface area contributed by atoms with Crippen molar-refractivity contribution in [1.82, 2.24) is 19.1 Å². The third-order valence-corrected chi connectivity index (χ3v) is 7.03. The number of nitrogens with zero attached hydrogens (tertiary/aromatic N) is 5. The van der Waals surface area contributed by atoms with E-state index in [0.717, 1.165) is 20.9 Å². The Kier molecular flexibility index (Phi) is 5.37. The Hall–Kier alpha value is -3.09. The summed E-state index contributed by atoms with van der Waals surface area (Å²) in [7, 11) is -1.17. The Morgan fingerprint density at radius 3 is 2.71 bits per heavy atom. The second kappa shape index (κ2) is 7.87. The van der Waals surface area contributed by atoms with Crippen LogP contribution in [0.5, 0.6) is 0 Å². The molecule has 0 saturated heterocycles. The number of anilines is 1. The first-order valence-corrected chi connectivity index (χ1v) is 11.3. The van der Waals surface area contributed by atoms with E-state index < -0.39 is 21.9 Å². The van der Waals surface area contributed by atoms with Crippen LogP contribution in [0.1, 0.15) is 5.01 Å². The van der Waals surface area contributed by atoms with Gasteiger partial charge in [0.05, 0.1) is 15.6 Å². The summed E-state index contributed by atoms with van der Waals surface area (Å²) in [6, 6.07) is 5.43. The number of aromatic nitrogens is 3. The minimum absolute atomic E-state index is 0.0267. The lowest BCUT2D eigenvalue weighted by Crippen LogP contribution is -2.35. The molecule has 3 aromatic rings. The van der Waals surface area contributed by atoms with Gasteiger partial charge in [-0.15, -0.1) is 15.7 Å². The smallest absolute Gasteiger partial charge is 0.321 e. The molecule has 160 valence electrons. The van der Waals surface area contributed by atoms with Gasteiger partial charge in [-0.3, -0.25) is 9.48 Å². The van der Waals surface area contributed by atoms with Crippen LogP contribution in [-0.2, 0) is 22.1 Å². The fraction of sp³-hybridized carbons (Fsp3) is 0.111. The van der Waals surface area contributed by atoms with Gasteiger partial charge in [0.15, 0.2) is 0 Å². The third kappa shape index (κ3) is 4.09. The highest BCUT2D eigenvalue weighted by molar-refractivity contribution is 7.88. The molecule has 1 aliphatic rings. The van der Waals surface area contributed by atoms with Crippen molar-refractivity contribution in [2.24, 2.45) is 11.4 Å². The summed E-state index contributed by atoms with van der Waals surface area (Å²) >= 11 is 6.95. The second-order valence-electron chi connectivity index (χ2n) is 6.40. The Balaban J connectivity index is 1.67. The number of benzene rings is 1. The number of rotatable bonds is 4. The molecule has 0 saturated carbocycles. The van der Waals surface area contributed by atoms with Crippen molar-refractivity contribution in [3.8, 4) is 10.6 Å². The maximum absolute atomic E-state index is 13.4. The molecule has 1 aliphatic heterocycles. The molecular weight excluding hydrogens is 467 g/mol. The summed E-state index contributed by atoms with van der Waals surface area (Å²) in [5.74, 6) is -1.37. The van der Waals surface area contributed by atoms with E-state index in [9.17, 15) is 17.6 Å². The molecule has 0 spiro atoms. The number of hydrogen-bond donors (Lipinski definition) is 1. The summed E-state index contributed by atoms with van der Waals surface area (Å²) < 4.78 is 44.6. The van der Waals surface area contributed by atoms with E-state index in [0.29, 0.717) is 5.01 Å². The molecule has 4 rings (SSSR count). The molecule has 1 aromatic carbocycles. The highest BCUT2D eigenvalue weighted by atomic mass is 35.5. The monoisotopic (exact) mass is 480 g/mol. The molecule has 0 bridgehead atoms. The number of aryl methyl sites for hydroxylation is 1. The lowest BCUT2D eigenvalue weighted by atomic mass is 10.2. The summed E-state index contributed by atoms with van der Waals surface area (Å²) in [5, 5.41) is 6.75. The van der Waals surface area contributed by atoms with E-state index in [1.165, 1.54) is 36.6 Å². The fourth-order valence-electron chi connectivity index (χ4n) is 2.76. The van der Waals surface area contributed by atoms with Crippen LogP contribution in [0.4, 0.5) is 10.1 Å². The van der Waals surface area contributed by atoms with Crippen LogP contribution in [0.2, 0.25) is 5.02 Å². The van der Waals surface area contributed by atoms with Crippen LogP contribution in [0.25, 0.3) is 10.6 Å². The zero-order chi connectivity index (χ0) is 22.3. The molecular formula is C18H14ClFN6O3S2. The molecule has 9 nitrogen and oxygen atoms in total. The Morgan fingerprint density at radius 1 is 1.26 bits per heavy atom. The van der Waals surface area contributed by atoms with Crippen LogP contribution < -0.4 is 5.32 Å². The van der Waals surface area contributed by atoms with Crippen LogP contribution >= 0.6 is 22.9 Å². The van der Waals surface area contributed by atoms with Gasteiger partial charge in [0, 0.05) is 32.2 Å². The largest absolute Gasteiger partial charge is 0.345 e. The molecule has 0 radical (unpaired) electrons. The van der Waals surface area contributed by atoms with Crippen LogP contribution in [-0.4, -0.2) is 46.2 Å². The number of allylic oxidation sites excluding steroid dienone is 1. The van der Waals surface area contributed by atoms with Crippen LogP contribution in [0.3, 0.4) is 0 Å². The van der Waals surface area contributed by atoms with Crippen molar-refractivity contribution in [2.45, 2.75) is 0 Å².